The van der Waals surface area contributed by atoms with Crippen LogP contribution in [0.5, 0.6) is 0 Å². The fourth-order valence-corrected chi connectivity index (χ4v) is 8.23. The summed E-state index contributed by atoms with van der Waals surface area (Å²) in [5, 5.41) is 11.7. The monoisotopic (exact) mass is 447 g/mol. The number of Topliss-reactive ketones (excluding diaryl/α,β-unsaturated/α-hetero) is 1. The Hall–Kier alpha value is -1.28. The number of hydrogen-bond donors (Lipinski definition) is 1. The average molecular weight is 448 g/mol. The molecule has 178 valence electrons. The number of hydrogen-bond acceptors (Lipinski definition) is 7. The van der Waals surface area contributed by atoms with E-state index in [1.807, 2.05) is 25.9 Å². The van der Waals surface area contributed by atoms with Crippen molar-refractivity contribution in [1.29, 1.82) is 0 Å². The fourth-order valence-electron chi connectivity index (χ4n) is 8.23. The molecule has 1 N–H and O–H groups in total. The molecule has 7 nitrogen and oxygen atoms in total. The predicted octanol–water partition coefficient (Wildman–Crippen LogP) is 2.31. The zero-order chi connectivity index (χ0) is 23.1. The van der Waals surface area contributed by atoms with Crippen LogP contribution in [0.1, 0.15) is 52.9 Å². The van der Waals surface area contributed by atoms with Crippen LogP contribution in [-0.2, 0) is 23.8 Å². The molecule has 5 aliphatic rings. The van der Waals surface area contributed by atoms with Gasteiger partial charge in [-0.1, -0.05) is 25.5 Å². The minimum Gasteiger partial charge on any atom is -0.458 e. The van der Waals surface area contributed by atoms with E-state index in [1.54, 1.807) is 0 Å². The Kier molecular flexibility index (Phi) is 5.18. The van der Waals surface area contributed by atoms with Crippen LogP contribution in [0.15, 0.2) is 11.6 Å². The number of aliphatic hydroxyl groups is 1. The Bertz CT molecular complexity index is 847. The van der Waals surface area contributed by atoms with Crippen molar-refractivity contribution >= 4 is 11.8 Å². The summed E-state index contributed by atoms with van der Waals surface area (Å²) in [4.78, 5) is 27.8. The molecule has 8 atom stereocenters. The predicted molar refractivity (Wildman–Crippen MR) is 117 cm³/mol. The van der Waals surface area contributed by atoms with E-state index >= 15 is 0 Å². The molecule has 0 bridgehead atoms. The molecule has 32 heavy (non-hydrogen) atoms. The molecule has 0 aromatic carbocycles. The molecular weight excluding hydrogens is 410 g/mol. The van der Waals surface area contributed by atoms with Crippen molar-refractivity contribution in [3.8, 4) is 0 Å². The highest BCUT2D eigenvalue weighted by atomic mass is 16.7. The van der Waals surface area contributed by atoms with Gasteiger partial charge in [0, 0.05) is 36.5 Å². The second-order valence-corrected chi connectivity index (χ2v) is 11.3. The third-order valence-electron chi connectivity index (χ3n) is 9.68. The first-order valence-electron chi connectivity index (χ1n) is 12.1. The second-order valence-electron chi connectivity index (χ2n) is 11.3. The van der Waals surface area contributed by atoms with Crippen LogP contribution in [-0.4, -0.2) is 73.1 Å². The molecule has 0 amide bonds. The smallest absolute Gasteiger partial charge is 0.303 e. The van der Waals surface area contributed by atoms with Crippen molar-refractivity contribution < 1.29 is 28.9 Å². The normalized spacial score (nSPS) is 47.1. The molecule has 0 aromatic heterocycles. The van der Waals surface area contributed by atoms with Crippen molar-refractivity contribution in [2.75, 3.05) is 27.3 Å². The van der Waals surface area contributed by atoms with E-state index in [9.17, 15) is 14.7 Å². The molecule has 4 fully saturated rings. The van der Waals surface area contributed by atoms with E-state index in [4.69, 9.17) is 14.2 Å². The molecule has 7 heteroatoms. The quantitative estimate of drug-likeness (QED) is 0.514. The number of ether oxygens (including phenoxy) is 3. The summed E-state index contributed by atoms with van der Waals surface area (Å²) >= 11 is 0. The topological polar surface area (TPSA) is 85.3 Å². The number of carbonyl (C=O) groups is 2. The van der Waals surface area contributed by atoms with E-state index < -0.39 is 29.4 Å². The molecule has 3 saturated carbocycles. The van der Waals surface area contributed by atoms with Crippen LogP contribution < -0.4 is 0 Å². The SMILES string of the molecule is CC(=O)O[C@H]1C(O)[C@@]2(C)C(=C[C@@H]1N(C)C)CC[C@H]1[C@@H]3CCC4(OCCO4)[C@@]3(C)CC(=O)[C@@H]12. The van der Waals surface area contributed by atoms with E-state index in [1.165, 1.54) is 6.92 Å². The highest BCUT2D eigenvalue weighted by Gasteiger charge is 2.70. The van der Waals surface area contributed by atoms with Gasteiger partial charge in [0.05, 0.1) is 19.3 Å². The summed E-state index contributed by atoms with van der Waals surface area (Å²) < 4.78 is 18.0. The third kappa shape index (κ3) is 2.80. The molecule has 0 aromatic rings. The number of likely N-dealkylation sites (N-methyl/N-ethyl adjacent to an activating group) is 1. The summed E-state index contributed by atoms with van der Waals surface area (Å²) in [5.74, 6) is -0.674. The van der Waals surface area contributed by atoms with Crippen molar-refractivity contribution in [3.05, 3.63) is 11.6 Å². The summed E-state index contributed by atoms with van der Waals surface area (Å²) in [7, 11) is 3.85. The summed E-state index contributed by atoms with van der Waals surface area (Å²) in [6.07, 6.45) is 4.50. The summed E-state index contributed by atoms with van der Waals surface area (Å²) in [5.41, 5.74) is 0.0630. The highest BCUT2D eigenvalue weighted by molar-refractivity contribution is 5.85. The standard InChI is InChI=1S/C25H37NO6/c1-14(27)32-21-18(26(4)5)12-15-6-7-16-17-8-9-25(30-10-11-31-25)23(17,2)13-19(28)20(16)24(15,3)22(21)29/h12,16-18,20-22,29H,6-11,13H2,1-5H3/t16-,17-,18-,20+,21+,22?,23-,24-/m0/s1. The minimum absolute atomic E-state index is 0.166. The number of rotatable bonds is 2. The Morgan fingerprint density at radius 1 is 1.22 bits per heavy atom. The molecule has 1 aliphatic heterocycles. The molecule has 5 rings (SSSR count). The fraction of sp³-hybridized carbons (Fsp3) is 0.840. The van der Waals surface area contributed by atoms with Gasteiger partial charge in [-0.15, -0.1) is 0 Å². The van der Waals surface area contributed by atoms with Gasteiger partial charge in [0.1, 0.15) is 18.0 Å². The van der Waals surface area contributed by atoms with Crippen molar-refractivity contribution in [2.24, 2.45) is 28.6 Å². The molecular formula is C25H37NO6. The van der Waals surface area contributed by atoms with Crippen LogP contribution in [0, 0.1) is 28.6 Å². The highest BCUT2D eigenvalue weighted by Crippen LogP contribution is 2.68. The van der Waals surface area contributed by atoms with Crippen LogP contribution in [0.25, 0.3) is 0 Å². The van der Waals surface area contributed by atoms with Crippen molar-refractivity contribution in [1.82, 2.24) is 4.90 Å². The van der Waals surface area contributed by atoms with E-state index in [2.05, 4.69) is 13.0 Å². The van der Waals surface area contributed by atoms with Crippen LogP contribution in [0.3, 0.4) is 0 Å². The van der Waals surface area contributed by atoms with Crippen molar-refractivity contribution in [2.45, 2.75) is 76.9 Å². The number of carbonyl (C=O) groups excluding carboxylic acids is 2. The maximum absolute atomic E-state index is 13.9. The van der Waals surface area contributed by atoms with Gasteiger partial charge in [-0.05, 0) is 45.2 Å². The number of aliphatic hydroxyl groups excluding tert-OH is 1. The van der Waals surface area contributed by atoms with Gasteiger partial charge in [-0.25, -0.2) is 0 Å². The van der Waals surface area contributed by atoms with Crippen LogP contribution in [0.2, 0.25) is 0 Å². The van der Waals surface area contributed by atoms with Gasteiger partial charge >= 0.3 is 5.97 Å². The maximum Gasteiger partial charge on any atom is 0.303 e. The van der Waals surface area contributed by atoms with Gasteiger partial charge in [0.25, 0.3) is 0 Å². The zero-order valence-corrected chi connectivity index (χ0v) is 19.9. The molecule has 1 spiro atoms. The lowest BCUT2D eigenvalue weighted by Crippen LogP contribution is -2.65. The van der Waals surface area contributed by atoms with Crippen LogP contribution in [0.4, 0.5) is 0 Å². The van der Waals surface area contributed by atoms with E-state index in [0.29, 0.717) is 25.6 Å². The molecule has 0 radical (unpaired) electrons. The molecule has 1 heterocycles. The minimum atomic E-state index is -0.936. The van der Waals surface area contributed by atoms with Gasteiger partial charge in [-0.2, -0.15) is 0 Å². The lowest BCUT2D eigenvalue weighted by molar-refractivity contribution is -0.242. The molecule has 1 unspecified atom stereocenters. The second kappa shape index (κ2) is 7.36. The summed E-state index contributed by atoms with van der Waals surface area (Å²) in [6, 6.07) is -0.215. The van der Waals surface area contributed by atoms with Crippen LogP contribution >= 0.6 is 0 Å². The Labute approximate surface area is 190 Å². The first-order chi connectivity index (χ1) is 15.0. The van der Waals surface area contributed by atoms with Gasteiger partial charge in [-0.3, -0.25) is 14.5 Å². The zero-order valence-electron chi connectivity index (χ0n) is 19.9. The average Bonchev–Trinajstić information content (AvgIpc) is 3.30. The number of nitrogens with zero attached hydrogens (tertiary/aromatic N) is 1. The van der Waals surface area contributed by atoms with E-state index in [0.717, 1.165) is 31.3 Å². The number of ketones is 1. The maximum atomic E-state index is 13.9. The van der Waals surface area contributed by atoms with E-state index in [-0.39, 0.29) is 29.1 Å². The Morgan fingerprint density at radius 3 is 2.53 bits per heavy atom. The van der Waals surface area contributed by atoms with Crippen molar-refractivity contribution in [3.63, 3.8) is 0 Å². The largest absolute Gasteiger partial charge is 0.458 e. The lowest BCUT2D eigenvalue weighted by atomic mass is 9.45. The third-order valence-corrected chi connectivity index (χ3v) is 9.68. The first-order valence-corrected chi connectivity index (χ1v) is 12.1. The lowest BCUT2D eigenvalue weighted by Gasteiger charge is -2.60. The van der Waals surface area contributed by atoms with Gasteiger partial charge in [0.15, 0.2) is 5.79 Å². The molecule has 1 saturated heterocycles. The Balaban J connectivity index is 1.55. The van der Waals surface area contributed by atoms with Gasteiger partial charge in [0.2, 0.25) is 0 Å². The number of esters is 1. The first kappa shape index (κ1) is 22.5. The summed E-state index contributed by atoms with van der Waals surface area (Å²) in [6.45, 7) is 6.75. The van der Waals surface area contributed by atoms with Gasteiger partial charge < -0.3 is 19.3 Å². The Morgan fingerprint density at radius 2 is 1.91 bits per heavy atom. The molecule has 4 aliphatic carbocycles. The number of fused-ring (bicyclic) bond motifs is 6.